The van der Waals surface area contributed by atoms with Crippen molar-refractivity contribution in [2.45, 2.75) is 6.92 Å². The maximum Gasteiger partial charge on any atom is 0.333 e. The molecule has 0 aliphatic heterocycles. The number of benzene rings is 1. The molecule has 0 fully saturated rings. The van der Waals surface area contributed by atoms with Crippen LogP contribution in [0.15, 0.2) is 34.3 Å². The molecule has 92 valence electrons. The molecule has 0 heterocycles. The Bertz CT molecular complexity index is 443. The predicted octanol–water partition coefficient (Wildman–Crippen LogP) is 3.60. The standard InChI is InChI=1S/C12H12BrClO3/c1-8(12(15)16-2)5-6-17-11-7-9(13)3-4-10(11)14/h3-5,7H,6H2,1-2H3. The molecule has 0 unspecified atom stereocenters. The number of carbonyl (C=O) groups is 1. The maximum atomic E-state index is 11.1. The van der Waals surface area contributed by atoms with E-state index in [1.807, 2.05) is 6.07 Å². The normalized spacial score (nSPS) is 11.2. The van der Waals surface area contributed by atoms with Crippen LogP contribution in [0.4, 0.5) is 0 Å². The van der Waals surface area contributed by atoms with Crippen LogP contribution < -0.4 is 4.74 Å². The zero-order chi connectivity index (χ0) is 12.8. The molecule has 0 atom stereocenters. The summed E-state index contributed by atoms with van der Waals surface area (Å²) in [6.45, 7) is 1.93. The van der Waals surface area contributed by atoms with Crippen LogP contribution in [-0.4, -0.2) is 19.7 Å². The van der Waals surface area contributed by atoms with E-state index in [0.717, 1.165) is 4.47 Å². The quantitative estimate of drug-likeness (QED) is 0.628. The first kappa shape index (κ1) is 14.1. The molecule has 0 aliphatic rings. The van der Waals surface area contributed by atoms with Gasteiger partial charge in [-0.1, -0.05) is 27.5 Å². The summed E-state index contributed by atoms with van der Waals surface area (Å²) in [7, 11) is 1.34. The Hall–Kier alpha value is -1.000. The van der Waals surface area contributed by atoms with Crippen LogP contribution in [0.5, 0.6) is 5.75 Å². The number of carbonyl (C=O) groups excluding carboxylic acids is 1. The summed E-state index contributed by atoms with van der Waals surface area (Å²) in [5, 5.41) is 0.525. The monoisotopic (exact) mass is 318 g/mol. The number of hydrogen-bond acceptors (Lipinski definition) is 3. The number of ether oxygens (including phenoxy) is 2. The minimum Gasteiger partial charge on any atom is -0.488 e. The first-order valence-corrected chi connectivity index (χ1v) is 6.04. The van der Waals surface area contributed by atoms with Gasteiger partial charge in [0.05, 0.1) is 12.1 Å². The lowest BCUT2D eigenvalue weighted by Gasteiger charge is -2.06. The average molecular weight is 320 g/mol. The Morgan fingerprint density at radius 3 is 2.88 bits per heavy atom. The van der Waals surface area contributed by atoms with Crippen molar-refractivity contribution >= 4 is 33.5 Å². The van der Waals surface area contributed by atoms with Gasteiger partial charge in [-0.05, 0) is 31.2 Å². The van der Waals surface area contributed by atoms with E-state index in [2.05, 4.69) is 20.7 Å². The van der Waals surface area contributed by atoms with Gasteiger partial charge in [0.2, 0.25) is 0 Å². The van der Waals surface area contributed by atoms with Gasteiger partial charge >= 0.3 is 5.97 Å². The molecule has 0 aliphatic carbocycles. The molecule has 0 saturated carbocycles. The van der Waals surface area contributed by atoms with E-state index in [9.17, 15) is 4.79 Å². The van der Waals surface area contributed by atoms with E-state index >= 15 is 0 Å². The van der Waals surface area contributed by atoms with Gasteiger partial charge in [0, 0.05) is 10.0 Å². The molecular formula is C12H12BrClO3. The van der Waals surface area contributed by atoms with Crippen LogP contribution in [0.2, 0.25) is 5.02 Å². The Morgan fingerprint density at radius 2 is 2.24 bits per heavy atom. The molecule has 3 nitrogen and oxygen atoms in total. The highest BCUT2D eigenvalue weighted by molar-refractivity contribution is 9.10. The second-order valence-corrected chi connectivity index (χ2v) is 4.59. The lowest BCUT2D eigenvalue weighted by molar-refractivity contribution is -0.136. The topological polar surface area (TPSA) is 35.5 Å². The first-order valence-electron chi connectivity index (χ1n) is 4.87. The molecule has 0 N–H and O–H groups in total. The van der Waals surface area contributed by atoms with E-state index in [1.54, 1.807) is 25.1 Å². The number of methoxy groups -OCH3 is 1. The van der Waals surface area contributed by atoms with Crippen molar-refractivity contribution in [2.75, 3.05) is 13.7 Å². The largest absolute Gasteiger partial charge is 0.488 e. The molecule has 0 bridgehead atoms. The van der Waals surface area contributed by atoms with Crippen LogP contribution in [0.3, 0.4) is 0 Å². The Balaban J connectivity index is 2.62. The van der Waals surface area contributed by atoms with Crippen molar-refractivity contribution in [3.8, 4) is 5.75 Å². The molecule has 1 aromatic rings. The van der Waals surface area contributed by atoms with Gasteiger partial charge in [0.25, 0.3) is 0 Å². The van der Waals surface area contributed by atoms with E-state index in [1.165, 1.54) is 7.11 Å². The zero-order valence-corrected chi connectivity index (χ0v) is 11.8. The summed E-state index contributed by atoms with van der Waals surface area (Å²) in [5.41, 5.74) is 0.499. The molecule has 0 amide bonds. The van der Waals surface area contributed by atoms with E-state index in [0.29, 0.717) is 16.3 Å². The molecule has 1 rings (SSSR count). The third-order valence-electron chi connectivity index (χ3n) is 2.03. The number of rotatable bonds is 4. The molecule has 1 aromatic carbocycles. The van der Waals surface area contributed by atoms with Gasteiger partial charge in [-0.25, -0.2) is 4.79 Å². The highest BCUT2D eigenvalue weighted by atomic mass is 79.9. The first-order chi connectivity index (χ1) is 8.04. The van der Waals surface area contributed by atoms with Crippen LogP contribution in [0.1, 0.15) is 6.92 Å². The third kappa shape index (κ3) is 4.40. The Morgan fingerprint density at radius 1 is 1.53 bits per heavy atom. The van der Waals surface area contributed by atoms with Crippen molar-refractivity contribution < 1.29 is 14.3 Å². The van der Waals surface area contributed by atoms with Crippen LogP contribution in [-0.2, 0) is 9.53 Å². The fourth-order valence-electron chi connectivity index (χ4n) is 1.09. The van der Waals surface area contributed by atoms with Gasteiger partial charge < -0.3 is 9.47 Å². The Kier molecular flexibility index (Phi) is 5.51. The highest BCUT2D eigenvalue weighted by Gasteiger charge is 2.04. The smallest absolute Gasteiger partial charge is 0.333 e. The number of hydrogen-bond donors (Lipinski definition) is 0. The van der Waals surface area contributed by atoms with Crippen molar-refractivity contribution in [3.05, 3.63) is 39.3 Å². The molecule has 5 heteroatoms. The van der Waals surface area contributed by atoms with Crippen molar-refractivity contribution in [2.24, 2.45) is 0 Å². The average Bonchev–Trinajstić information content (AvgIpc) is 2.32. The summed E-state index contributed by atoms with van der Waals surface area (Å²) in [4.78, 5) is 11.1. The Labute approximate surface area is 113 Å². The van der Waals surface area contributed by atoms with Gasteiger partial charge in [-0.3, -0.25) is 0 Å². The highest BCUT2D eigenvalue weighted by Crippen LogP contribution is 2.27. The van der Waals surface area contributed by atoms with Crippen molar-refractivity contribution in [3.63, 3.8) is 0 Å². The fraction of sp³-hybridized carbons (Fsp3) is 0.250. The lowest BCUT2D eigenvalue weighted by atomic mass is 10.3. The van der Waals surface area contributed by atoms with E-state index in [-0.39, 0.29) is 12.6 Å². The number of esters is 1. The summed E-state index contributed by atoms with van der Waals surface area (Å²) in [6, 6.07) is 5.33. The van der Waals surface area contributed by atoms with Crippen LogP contribution in [0, 0.1) is 0 Å². The molecule has 17 heavy (non-hydrogen) atoms. The summed E-state index contributed by atoms with van der Waals surface area (Å²) in [5.74, 6) is 0.198. The van der Waals surface area contributed by atoms with Crippen molar-refractivity contribution in [1.29, 1.82) is 0 Å². The molecule has 0 aromatic heterocycles. The van der Waals surface area contributed by atoms with Crippen molar-refractivity contribution in [1.82, 2.24) is 0 Å². The minimum absolute atomic E-state index is 0.261. The van der Waals surface area contributed by atoms with Gasteiger partial charge in [0.1, 0.15) is 12.4 Å². The molecule has 0 spiro atoms. The summed E-state index contributed by atoms with van der Waals surface area (Å²) >= 11 is 9.27. The SMILES string of the molecule is COC(=O)C(C)=CCOc1cc(Br)ccc1Cl. The van der Waals surface area contributed by atoms with E-state index in [4.69, 9.17) is 16.3 Å². The zero-order valence-electron chi connectivity index (χ0n) is 9.50. The van der Waals surface area contributed by atoms with Crippen LogP contribution >= 0.6 is 27.5 Å². The van der Waals surface area contributed by atoms with Gasteiger partial charge in [-0.2, -0.15) is 0 Å². The lowest BCUT2D eigenvalue weighted by Crippen LogP contribution is -2.04. The second kappa shape index (κ2) is 6.67. The fourth-order valence-corrected chi connectivity index (χ4v) is 1.60. The molecule has 0 radical (unpaired) electrons. The van der Waals surface area contributed by atoms with E-state index < -0.39 is 0 Å². The van der Waals surface area contributed by atoms with Gasteiger partial charge in [0.15, 0.2) is 0 Å². The summed E-state index contributed by atoms with van der Waals surface area (Å²) in [6.07, 6.45) is 1.64. The molecular weight excluding hydrogens is 307 g/mol. The molecule has 0 saturated heterocycles. The maximum absolute atomic E-state index is 11.1. The summed E-state index contributed by atoms with van der Waals surface area (Å²) < 4.78 is 10.9. The second-order valence-electron chi connectivity index (χ2n) is 3.26. The minimum atomic E-state index is -0.367. The number of halogens is 2. The third-order valence-corrected chi connectivity index (χ3v) is 2.83. The van der Waals surface area contributed by atoms with Crippen LogP contribution in [0.25, 0.3) is 0 Å². The van der Waals surface area contributed by atoms with Gasteiger partial charge in [-0.15, -0.1) is 0 Å². The predicted molar refractivity (Wildman–Crippen MR) is 70.4 cm³/mol.